The molecule has 3 aliphatic rings. The fraction of sp³-hybridized carbons (Fsp3) is 1.00. The maximum Gasteiger partial charge on any atom is 0.125 e. The van der Waals surface area contributed by atoms with Crippen molar-refractivity contribution in [3.8, 4) is 0 Å². The summed E-state index contributed by atoms with van der Waals surface area (Å²) in [5.74, 6) is 2.62. The van der Waals surface area contributed by atoms with Crippen LogP contribution in [-0.2, 0) is 0 Å². The molecule has 3 heterocycles. The molecule has 7 heteroatoms. The molecule has 0 N–H and O–H groups in total. The van der Waals surface area contributed by atoms with E-state index in [0.717, 1.165) is 45.7 Å². The third-order valence-corrected chi connectivity index (χ3v) is 31.6. The van der Waals surface area contributed by atoms with Gasteiger partial charge in [0.2, 0.25) is 0 Å². The Morgan fingerprint density at radius 1 is 0.447 bits per heavy atom. The van der Waals surface area contributed by atoms with Crippen molar-refractivity contribution in [2.24, 2.45) is 17.8 Å². The summed E-state index contributed by atoms with van der Waals surface area (Å²) in [6.07, 6.45) is 0. The van der Waals surface area contributed by atoms with E-state index >= 15 is 0 Å². The van der Waals surface area contributed by atoms with Crippen molar-refractivity contribution in [3.63, 3.8) is 0 Å². The Kier molecular flexibility index (Phi) is 13.1. The number of hydrogen-bond acceptors (Lipinski definition) is 4. The summed E-state index contributed by atoms with van der Waals surface area (Å²) in [5.41, 5.74) is 2.79. The minimum Gasteiger partial charge on any atom is -0.323 e. The van der Waals surface area contributed by atoms with E-state index in [9.17, 15) is 0 Å². The van der Waals surface area contributed by atoms with Crippen molar-refractivity contribution in [1.29, 1.82) is 0 Å². The lowest BCUT2D eigenvalue weighted by atomic mass is 9.96. The molecule has 0 aromatic heterocycles. The van der Waals surface area contributed by atoms with E-state index in [1.54, 1.807) is 0 Å². The second-order valence-electron chi connectivity index (χ2n) is 15.5. The zero-order chi connectivity index (χ0) is 30.3. The van der Waals surface area contributed by atoms with E-state index in [-0.39, 0.29) is 0 Å². The molecule has 0 aromatic carbocycles. The van der Waals surface area contributed by atoms with Crippen molar-refractivity contribution in [1.82, 2.24) is 14.0 Å². The topological polar surface area (TPSA) is 9.72 Å². The van der Waals surface area contributed by atoms with Crippen LogP contribution in [0.5, 0.6) is 0 Å². The van der Waals surface area contributed by atoms with E-state index in [2.05, 4.69) is 162 Å². The van der Waals surface area contributed by atoms with Crippen molar-refractivity contribution in [2.45, 2.75) is 161 Å². The van der Waals surface area contributed by atoms with Gasteiger partial charge >= 0.3 is 0 Å². The van der Waals surface area contributed by atoms with Gasteiger partial charge in [-0.3, -0.25) is 4.90 Å². The maximum atomic E-state index is 2.71. The van der Waals surface area contributed by atoms with Gasteiger partial charge in [0.05, 0.1) is 0 Å². The van der Waals surface area contributed by atoms with Crippen molar-refractivity contribution in [2.75, 3.05) is 21.1 Å². The van der Waals surface area contributed by atoms with Crippen LogP contribution in [0.4, 0.5) is 0 Å². The van der Waals surface area contributed by atoms with Crippen LogP contribution in [0, 0.1) is 17.8 Å². The van der Waals surface area contributed by atoms with Gasteiger partial charge in [0.25, 0.3) is 0 Å². The van der Waals surface area contributed by atoms with Gasteiger partial charge in [-0.25, -0.2) is 0 Å². The molecule has 3 rings (SSSR count). The quantitative estimate of drug-likeness (QED) is 0.256. The Balaban J connectivity index is 0.000000299. The molecule has 0 bridgehead atoms. The van der Waals surface area contributed by atoms with Crippen LogP contribution in [0.25, 0.3) is 0 Å². The Bertz CT molecular complexity index is 708. The summed E-state index contributed by atoms with van der Waals surface area (Å²) in [5, 5.41) is 0.914. The van der Waals surface area contributed by atoms with Gasteiger partial charge in [0, 0.05) is 24.2 Å². The SMILES string of the molecule is CC1C(C)N(C)C(C)C(C)N(C)[Si](C)(C)C1C.CC1C(C)N(C)[Si](C)(C)C1C.CC1S[Si](C)(C)C(C)C1C. The summed E-state index contributed by atoms with van der Waals surface area (Å²) in [6.45, 7) is 41.6. The van der Waals surface area contributed by atoms with Crippen LogP contribution in [0.3, 0.4) is 0 Å². The summed E-state index contributed by atoms with van der Waals surface area (Å²) in [4.78, 5) is 2.58. The average Bonchev–Trinajstić information content (AvgIpc) is 3.11. The van der Waals surface area contributed by atoms with Gasteiger partial charge in [-0.1, -0.05) is 87.7 Å². The lowest BCUT2D eigenvalue weighted by Crippen LogP contribution is -2.64. The van der Waals surface area contributed by atoms with Crippen molar-refractivity contribution >= 4 is 34.9 Å². The first-order valence-electron chi connectivity index (χ1n) is 15.8. The van der Waals surface area contributed by atoms with Crippen LogP contribution >= 0.6 is 11.2 Å². The fourth-order valence-corrected chi connectivity index (χ4v) is 22.4. The van der Waals surface area contributed by atoms with Crippen molar-refractivity contribution in [3.05, 3.63) is 0 Å². The molecule has 0 radical (unpaired) electrons. The minimum absolute atomic E-state index is 0.636. The molecule has 3 aliphatic heterocycles. The summed E-state index contributed by atoms with van der Waals surface area (Å²) >= 11 is 2.28. The predicted octanol–water partition coefficient (Wildman–Crippen LogP) is 9.17. The molecule has 38 heavy (non-hydrogen) atoms. The third kappa shape index (κ3) is 7.44. The minimum atomic E-state index is -1.31. The molecule has 3 saturated heterocycles. The van der Waals surface area contributed by atoms with E-state index in [1.807, 2.05) is 0 Å². The molecule has 0 saturated carbocycles. The molecule has 11 unspecified atom stereocenters. The Labute approximate surface area is 248 Å². The van der Waals surface area contributed by atoms with Gasteiger partial charge in [-0.15, -0.1) is 0 Å². The molecule has 0 aromatic rings. The van der Waals surface area contributed by atoms with Gasteiger partial charge in [-0.2, -0.15) is 11.2 Å². The zero-order valence-corrected chi connectivity index (χ0v) is 33.4. The molecule has 0 amide bonds. The van der Waals surface area contributed by atoms with Gasteiger partial charge in [0.1, 0.15) is 23.7 Å². The summed E-state index contributed by atoms with van der Waals surface area (Å²) < 4.78 is 5.35. The Morgan fingerprint density at radius 3 is 1.05 bits per heavy atom. The number of likely N-dealkylation sites (N-methyl/N-ethyl adjacent to an activating group) is 2. The fourth-order valence-electron chi connectivity index (χ4n) is 7.31. The monoisotopic (exact) mass is 601 g/mol. The highest BCUT2D eigenvalue weighted by atomic mass is 32.4. The van der Waals surface area contributed by atoms with Crippen LogP contribution in [0.2, 0.25) is 55.9 Å². The molecule has 11 atom stereocenters. The molecule has 0 spiro atoms. The predicted molar refractivity (Wildman–Crippen MR) is 186 cm³/mol. The number of rotatable bonds is 0. The van der Waals surface area contributed by atoms with Gasteiger partial charge in [0.15, 0.2) is 0 Å². The molecular weight excluding hydrogens is 531 g/mol. The third-order valence-electron chi connectivity index (χ3n) is 13.5. The second-order valence-corrected chi connectivity index (χ2v) is 34.3. The highest BCUT2D eigenvalue weighted by Crippen LogP contribution is 2.50. The first-order valence-corrected chi connectivity index (χ1v) is 26.5. The average molecular weight is 602 g/mol. The standard InChI is InChI=1S/C14H32N2Si.C9H21NSi.C8H18SSi/c1-10-11(2)15(6)12(3)13(4)16(7)17(8,9)14(10)5;1-7-8(2)10(4)11(5,6)9(7)3;1-6-7(2)9-10(4,5)8(6)3/h10-14H,1-9H3;7-9H,1-6H3;6-8H,1-5H3. The maximum absolute atomic E-state index is 2.71. The highest BCUT2D eigenvalue weighted by Gasteiger charge is 2.47. The molecule has 228 valence electrons. The highest BCUT2D eigenvalue weighted by molar-refractivity contribution is 8.29. The smallest absolute Gasteiger partial charge is 0.125 e. The van der Waals surface area contributed by atoms with E-state index < -0.39 is 23.7 Å². The number of hydrogen-bond donors (Lipinski definition) is 0. The van der Waals surface area contributed by atoms with Crippen LogP contribution in [0.15, 0.2) is 0 Å². The van der Waals surface area contributed by atoms with Crippen LogP contribution < -0.4 is 0 Å². The molecular formula is C31H71N3SSi3. The van der Waals surface area contributed by atoms with E-state index in [4.69, 9.17) is 0 Å². The molecule has 3 nitrogen and oxygen atoms in total. The zero-order valence-electron chi connectivity index (χ0n) is 29.6. The Hall–Kier alpha value is 0.881. The normalized spacial score (nSPS) is 45.3. The first-order chi connectivity index (χ1) is 17.0. The van der Waals surface area contributed by atoms with E-state index in [0.29, 0.717) is 18.1 Å². The summed E-state index contributed by atoms with van der Waals surface area (Å²) in [7, 11) is 3.74. The van der Waals surface area contributed by atoms with Gasteiger partial charge in [-0.05, 0) is 88.5 Å². The molecule has 0 aliphatic carbocycles. The van der Waals surface area contributed by atoms with Gasteiger partial charge < -0.3 is 9.13 Å². The largest absolute Gasteiger partial charge is 0.323 e. The lowest BCUT2D eigenvalue weighted by Gasteiger charge is -2.53. The van der Waals surface area contributed by atoms with Crippen LogP contribution in [0.1, 0.15) is 76.2 Å². The first kappa shape index (κ1) is 36.9. The van der Waals surface area contributed by atoms with E-state index in [1.165, 1.54) is 0 Å². The lowest BCUT2D eigenvalue weighted by molar-refractivity contribution is 0.0908. The van der Waals surface area contributed by atoms with Crippen LogP contribution in [-0.4, -0.2) is 88.3 Å². The van der Waals surface area contributed by atoms with Crippen molar-refractivity contribution < 1.29 is 0 Å². The molecule has 3 fully saturated rings. The Morgan fingerprint density at radius 2 is 0.816 bits per heavy atom. The number of nitrogens with zero attached hydrogens (tertiary/aromatic N) is 3. The second kappa shape index (κ2) is 13.5. The summed E-state index contributed by atoms with van der Waals surface area (Å²) in [6, 6.07) is 2.77.